The normalized spacial score (nSPS) is 11.7. The first-order valence-corrected chi connectivity index (χ1v) is 6.35. The second-order valence-corrected chi connectivity index (χ2v) is 4.46. The Balaban J connectivity index is 2.40. The Morgan fingerprint density at radius 2 is 2.16 bits per heavy atom. The minimum absolute atomic E-state index is 0.0866. The topological polar surface area (TPSA) is 81.4 Å². The molecule has 0 saturated carbocycles. The number of carbonyl (C=O) groups is 2. The smallest absolute Gasteiger partial charge is 0.338 e. The van der Waals surface area contributed by atoms with Crippen molar-refractivity contribution >= 4 is 17.6 Å². The summed E-state index contributed by atoms with van der Waals surface area (Å²) < 4.78 is 4.92. The summed E-state index contributed by atoms with van der Waals surface area (Å²) in [5.41, 5.74) is 6.39. The summed E-state index contributed by atoms with van der Waals surface area (Å²) in [5, 5.41) is 2.76. The first-order valence-electron chi connectivity index (χ1n) is 6.35. The van der Waals surface area contributed by atoms with Gasteiger partial charge in [-0.15, -0.1) is 0 Å². The van der Waals surface area contributed by atoms with Crippen LogP contribution in [0.3, 0.4) is 0 Å². The fourth-order valence-electron chi connectivity index (χ4n) is 1.70. The molecule has 5 heteroatoms. The molecule has 1 amide bonds. The first-order chi connectivity index (χ1) is 9.02. The van der Waals surface area contributed by atoms with Crippen LogP contribution in [0.2, 0.25) is 0 Å². The SMILES string of the molecule is CCCC(C)NC(=O)COC(=O)c1cccc(N)c1. The summed E-state index contributed by atoms with van der Waals surface area (Å²) in [7, 11) is 0. The zero-order valence-electron chi connectivity index (χ0n) is 11.3. The fraction of sp³-hybridized carbons (Fsp3) is 0.429. The first kappa shape index (κ1) is 15.0. The molecule has 1 aromatic rings. The van der Waals surface area contributed by atoms with Gasteiger partial charge in [0.15, 0.2) is 6.61 Å². The molecule has 104 valence electrons. The molecule has 3 N–H and O–H groups in total. The van der Waals surface area contributed by atoms with Crippen LogP contribution < -0.4 is 11.1 Å². The number of rotatable bonds is 6. The van der Waals surface area contributed by atoms with E-state index in [2.05, 4.69) is 5.32 Å². The molecule has 0 heterocycles. The van der Waals surface area contributed by atoms with Crippen LogP contribution in [0, 0.1) is 0 Å². The number of nitrogens with one attached hydrogen (secondary N) is 1. The molecule has 1 aromatic carbocycles. The van der Waals surface area contributed by atoms with Crippen LogP contribution in [0.1, 0.15) is 37.0 Å². The zero-order valence-corrected chi connectivity index (χ0v) is 11.3. The Morgan fingerprint density at radius 3 is 2.79 bits per heavy atom. The van der Waals surface area contributed by atoms with Gasteiger partial charge in [0.1, 0.15) is 0 Å². The molecule has 1 rings (SSSR count). The summed E-state index contributed by atoms with van der Waals surface area (Å²) in [5.74, 6) is -0.844. The van der Waals surface area contributed by atoms with Crippen LogP contribution in [0.25, 0.3) is 0 Å². The number of hydrogen-bond donors (Lipinski definition) is 2. The third kappa shape index (κ3) is 5.42. The van der Waals surface area contributed by atoms with Crippen LogP contribution >= 0.6 is 0 Å². The van der Waals surface area contributed by atoms with Gasteiger partial charge < -0.3 is 15.8 Å². The number of ether oxygens (including phenoxy) is 1. The predicted molar refractivity (Wildman–Crippen MR) is 73.6 cm³/mol. The number of nitrogen functional groups attached to an aromatic ring is 1. The summed E-state index contributed by atoms with van der Waals surface area (Å²) >= 11 is 0. The molecule has 0 aliphatic rings. The Kier molecular flexibility index (Phi) is 5.85. The number of esters is 1. The van der Waals surface area contributed by atoms with Gasteiger partial charge >= 0.3 is 5.97 Å². The Bertz CT molecular complexity index is 446. The second-order valence-electron chi connectivity index (χ2n) is 4.46. The van der Waals surface area contributed by atoms with Gasteiger partial charge in [0.05, 0.1) is 5.56 Å². The van der Waals surface area contributed by atoms with Crippen molar-refractivity contribution in [2.45, 2.75) is 32.7 Å². The molecular formula is C14H20N2O3. The number of hydrogen-bond acceptors (Lipinski definition) is 4. The van der Waals surface area contributed by atoms with Gasteiger partial charge in [-0.1, -0.05) is 19.4 Å². The van der Waals surface area contributed by atoms with Crippen LogP contribution in [0.15, 0.2) is 24.3 Å². The van der Waals surface area contributed by atoms with Gasteiger partial charge in [0.2, 0.25) is 0 Å². The van der Waals surface area contributed by atoms with Crippen molar-refractivity contribution in [2.75, 3.05) is 12.3 Å². The zero-order chi connectivity index (χ0) is 14.3. The maximum absolute atomic E-state index is 11.7. The number of carbonyl (C=O) groups excluding carboxylic acids is 2. The van der Waals surface area contributed by atoms with Crippen molar-refractivity contribution in [3.8, 4) is 0 Å². The average molecular weight is 264 g/mol. The molecule has 1 unspecified atom stereocenters. The number of nitrogens with two attached hydrogens (primary N) is 1. The summed E-state index contributed by atoms with van der Waals surface area (Å²) in [4.78, 5) is 23.2. The van der Waals surface area contributed by atoms with Crippen LogP contribution in [0.5, 0.6) is 0 Å². The van der Waals surface area contributed by atoms with Gasteiger partial charge in [-0.2, -0.15) is 0 Å². The monoisotopic (exact) mass is 264 g/mol. The molecular weight excluding hydrogens is 244 g/mol. The minimum Gasteiger partial charge on any atom is -0.452 e. The molecule has 0 radical (unpaired) electrons. The van der Waals surface area contributed by atoms with Crippen molar-refractivity contribution in [3.05, 3.63) is 29.8 Å². The van der Waals surface area contributed by atoms with Gasteiger partial charge in [0.25, 0.3) is 5.91 Å². The van der Waals surface area contributed by atoms with Crippen LogP contribution in [-0.4, -0.2) is 24.5 Å². The molecule has 0 aromatic heterocycles. The van der Waals surface area contributed by atoms with Crippen molar-refractivity contribution in [1.29, 1.82) is 0 Å². The van der Waals surface area contributed by atoms with E-state index < -0.39 is 5.97 Å². The highest BCUT2D eigenvalue weighted by Gasteiger charge is 2.11. The van der Waals surface area contributed by atoms with E-state index in [0.717, 1.165) is 12.8 Å². The molecule has 5 nitrogen and oxygen atoms in total. The number of amides is 1. The van der Waals surface area contributed by atoms with E-state index >= 15 is 0 Å². The van der Waals surface area contributed by atoms with E-state index in [1.165, 1.54) is 6.07 Å². The lowest BCUT2D eigenvalue weighted by Crippen LogP contribution is -2.35. The second kappa shape index (κ2) is 7.41. The van der Waals surface area contributed by atoms with Gasteiger partial charge in [-0.25, -0.2) is 4.79 Å². The van der Waals surface area contributed by atoms with Gasteiger partial charge in [-0.3, -0.25) is 4.79 Å². The average Bonchev–Trinajstić information content (AvgIpc) is 2.36. The lowest BCUT2D eigenvalue weighted by atomic mass is 10.2. The molecule has 0 aliphatic carbocycles. The molecule has 19 heavy (non-hydrogen) atoms. The summed E-state index contributed by atoms with van der Waals surface area (Å²) in [6.07, 6.45) is 1.89. The molecule has 0 aliphatic heterocycles. The van der Waals surface area contributed by atoms with Crippen molar-refractivity contribution < 1.29 is 14.3 Å². The summed E-state index contributed by atoms with van der Waals surface area (Å²) in [6.45, 7) is 3.69. The molecule has 0 saturated heterocycles. The van der Waals surface area contributed by atoms with E-state index in [9.17, 15) is 9.59 Å². The van der Waals surface area contributed by atoms with Crippen LogP contribution in [0.4, 0.5) is 5.69 Å². The standard InChI is InChI=1S/C14H20N2O3/c1-3-5-10(2)16-13(17)9-19-14(18)11-6-4-7-12(15)8-11/h4,6-8,10H,3,5,9,15H2,1-2H3,(H,16,17). The maximum atomic E-state index is 11.7. The van der Waals surface area contributed by atoms with Gasteiger partial charge in [0, 0.05) is 11.7 Å². The summed E-state index contributed by atoms with van der Waals surface area (Å²) in [6, 6.07) is 6.53. The van der Waals surface area contributed by atoms with Crippen LogP contribution in [-0.2, 0) is 9.53 Å². The highest BCUT2D eigenvalue weighted by molar-refractivity contribution is 5.92. The third-order valence-corrected chi connectivity index (χ3v) is 2.59. The largest absolute Gasteiger partial charge is 0.452 e. The number of anilines is 1. The molecule has 0 bridgehead atoms. The number of benzene rings is 1. The Morgan fingerprint density at radius 1 is 1.42 bits per heavy atom. The van der Waals surface area contributed by atoms with E-state index in [0.29, 0.717) is 11.3 Å². The van der Waals surface area contributed by atoms with Crippen molar-refractivity contribution in [1.82, 2.24) is 5.32 Å². The van der Waals surface area contributed by atoms with Gasteiger partial charge in [-0.05, 0) is 31.5 Å². The molecule has 0 spiro atoms. The Hall–Kier alpha value is -2.04. The predicted octanol–water partition coefficient (Wildman–Crippen LogP) is 1.73. The highest BCUT2D eigenvalue weighted by Crippen LogP contribution is 2.07. The maximum Gasteiger partial charge on any atom is 0.338 e. The van der Waals surface area contributed by atoms with E-state index in [-0.39, 0.29) is 18.6 Å². The Labute approximate surface area is 113 Å². The minimum atomic E-state index is -0.550. The quantitative estimate of drug-likeness (QED) is 0.605. The highest BCUT2D eigenvalue weighted by atomic mass is 16.5. The lowest BCUT2D eigenvalue weighted by Gasteiger charge is -2.12. The van der Waals surface area contributed by atoms with E-state index in [1.807, 2.05) is 13.8 Å². The van der Waals surface area contributed by atoms with E-state index in [1.54, 1.807) is 18.2 Å². The van der Waals surface area contributed by atoms with Crippen molar-refractivity contribution in [3.63, 3.8) is 0 Å². The van der Waals surface area contributed by atoms with Crippen molar-refractivity contribution in [2.24, 2.45) is 0 Å². The third-order valence-electron chi connectivity index (χ3n) is 2.59. The fourth-order valence-corrected chi connectivity index (χ4v) is 1.70. The van der Waals surface area contributed by atoms with E-state index in [4.69, 9.17) is 10.5 Å². The lowest BCUT2D eigenvalue weighted by molar-refractivity contribution is -0.124. The molecule has 1 atom stereocenters. The molecule has 0 fully saturated rings.